The molecule has 0 fully saturated rings. The summed E-state index contributed by atoms with van der Waals surface area (Å²) in [6.07, 6.45) is -4.40. The van der Waals surface area contributed by atoms with E-state index in [-0.39, 0.29) is 12.1 Å². The molecule has 2 aromatic rings. The molecule has 0 saturated carbocycles. The summed E-state index contributed by atoms with van der Waals surface area (Å²) in [5, 5.41) is 2.83. The number of rotatable bonds is 3. The molecule has 1 N–H and O–H groups in total. The average Bonchev–Trinajstić information content (AvgIpc) is 2.45. The smallest absolute Gasteiger partial charge is 0.348 e. The Balaban J connectivity index is 2.07. The van der Waals surface area contributed by atoms with Gasteiger partial charge in [-0.2, -0.15) is 13.2 Å². The molecule has 21 heavy (non-hydrogen) atoms. The molecule has 2 aromatic carbocycles. The van der Waals surface area contributed by atoms with Crippen LogP contribution in [0.3, 0.4) is 0 Å². The predicted molar refractivity (Wildman–Crippen MR) is 74.1 cm³/mol. The van der Waals surface area contributed by atoms with E-state index in [4.69, 9.17) is 11.6 Å². The lowest BCUT2D eigenvalue weighted by Gasteiger charge is -2.10. The molecule has 0 aliphatic heterocycles. The topological polar surface area (TPSA) is 29.1 Å². The second-order valence-electron chi connectivity index (χ2n) is 4.36. The van der Waals surface area contributed by atoms with E-state index in [1.807, 2.05) is 0 Å². The standard InChI is InChI=1S/C15H11ClF3NO/c16-13-7-2-1-6-12(13)14(21)20-9-10-4-3-5-11(8-10)15(17,18)19/h1-8H,9H2,(H,20,21). The minimum Gasteiger partial charge on any atom is -0.348 e. The van der Waals surface area contributed by atoms with Crippen molar-refractivity contribution >= 4 is 17.5 Å². The zero-order chi connectivity index (χ0) is 15.5. The highest BCUT2D eigenvalue weighted by Crippen LogP contribution is 2.29. The fourth-order valence-corrected chi connectivity index (χ4v) is 2.00. The van der Waals surface area contributed by atoms with Crippen molar-refractivity contribution in [1.29, 1.82) is 0 Å². The van der Waals surface area contributed by atoms with Crippen LogP contribution in [0.1, 0.15) is 21.5 Å². The van der Waals surface area contributed by atoms with Crippen molar-refractivity contribution in [3.05, 3.63) is 70.2 Å². The van der Waals surface area contributed by atoms with Crippen molar-refractivity contribution in [3.63, 3.8) is 0 Å². The first-order valence-electron chi connectivity index (χ1n) is 6.07. The van der Waals surface area contributed by atoms with E-state index >= 15 is 0 Å². The van der Waals surface area contributed by atoms with Gasteiger partial charge in [0.1, 0.15) is 0 Å². The Hall–Kier alpha value is -2.01. The average molecular weight is 314 g/mol. The minimum absolute atomic E-state index is 0.00598. The summed E-state index contributed by atoms with van der Waals surface area (Å²) in [7, 11) is 0. The SMILES string of the molecule is O=C(NCc1cccc(C(F)(F)F)c1)c1ccccc1Cl. The van der Waals surface area contributed by atoms with Gasteiger partial charge in [-0.25, -0.2) is 0 Å². The van der Waals surface area contributed by atoms with Gasteiger partial charge in [0.05, 0.1) is 16.1 Å². The Morgan fingerprint density at radius 1 is 1.10 bits per heavy atom. The number of hydrogen-bond donors (Lipinski definition) is 1. The Morgan fingerprint density at radius 2 is 1.81 bits per heavy atom. The van der Waals surface area contributed by atoms with Gasteiger partial charge in [-0.05, 0) is 29.8 Å². The van der Waals surface area contributed by atoms with Crippen LogP contribution in [0.2, 0.25) is 5.02 Å². The number of carbonyl (C=O) groups excluding carboxylic acids is 1. The van der Waals surface area contributed by atoms with Gasteiger partial charge in [0.25, 0.3) is 5.91 Å². The highest BCUT2D eigenvalue weighted by atomic mass is 35.5. The minimum atomic E-state index is -4.40. The predicted octanol–water partition coefficient (Wildman–Crippen LogP) is 4.29. The third kappa shape index (κ3) is 3.98. The van der Waals surface area contributed by atoms with Crippen molar-refractivity contribution < 1.29 is 18.0 Å². The third-order valence-corrected chi connectivity index (χ3v) is 3.16. The van der Waals surface area contributed by atoms with E-state index in [9.17, 15) is 18.0 Å². The highest BCUT2D eigenvalue weighted by Gasteiger charge is 2.30. The molecule has 6 heteroatoms. The lowest BCUT2D eigenvalue weighted by molar-refractivity contribution is -0.137. The van der Waals surface area contributed by atoms with Crippen LogP contribution in [0.4, 0.5) is 13.2 Å². The van der Waals surface area contributed by atoms with Crippen molar-refractivity contribution in [2.75, 3.05) is 0 Å². The number of amides is 1. The van der Waals surface area contributed by atoms with Crippen molar-refractivity contribution in [1.82, 2.24) is 5.32 Å². The zero-order valence-corrected chi connectivity index (χ0v) is 11.5. The van der Waals surface area contributed by atoms with Crippen molar-refractivity contribution in [2.24, 2.45) is 0 Å². The summed E-state index contributed by atoms with van der Waals surface area (Å²) >= 11 is 5.88. The number of nitrogens with one attached hydrogen (secondary N) is 1. The lowest BCUT2D eigenvalue weighted by Crippen LogP contribution is -2.23. The molecule has 110 valence electrons. The van der Waals surface area contributed by atoms with Gasteiger partial charge < -0.3 is 5.32 Å². The van der Waals surface area contributed by atoms with Gasteiger partial charge in [-0.3, -0.25) is 4.79 Å². The monoisotopic (exact) mass is 313 g/mol. The van der Waals surface area contributed by atoms with E-state index in [1.165, 1.54) is 12.1 Å². The van der Waals surface area contributed by atoms with E-state index in [2.05, 4.69) is 5.32 Å². The number of alkyl halides is 3. The van der Waals surface area contributed by atoms with Crippen LogP contribution in [0, 0.1) is 0 Å². The summed E-state index contributed by atoms with van der Waals surface area (Å²) < 4.78 is 37.7. The molecule has 2 nitrogen and oxygen atoms in total. The normalized spacial score (nSPS) is 11.2. The second kappa shape index (κ2) is 6.18. The molecule has 0 atom stereocenters. The Kier molecular flexibility index (Phi) is 4.53. The van der Waals surface area contributed by atoms with Crippen LogP contribution in [-0.2, 0) is 12.7 Å². The molecular weight excluding hydrogens is 303 g/mol. The maximum Gasteiger partial charge on any atom is 0.416 e. The molecule has 0 aromatic heterocycles. The van der Waals surface area contributed by atoms with Gasteiger partial charge in [0.15, 0.2) is 0 Å². The maximum absolute atomic E-state index is 12.6. The van der Waals surface area contributed by atoms with E-state index in [0.29, 0.717) is 10.6 Å². The lowest BCUT2D eigenvalue weighted by atomic mass is 10.1. The first kappa shape index (κ1) is 15.4. The Bertz CT molecular complexity index is 655. The molecule has 1 amide bonds. The summed E-state index contributed by atoms with van der Waals surface area (Å²) in [5.41, 5.74) is -0.0941. The second-order valence-corrected chi connectivity index (χ2v) is 4.77. The first-order chi connectivity index (χ1) is 9.88. The van der Waals surface area contributed by atoms with Gasteiger partial charge in [0, 0.05) is 6.54 Å². The largest absolute Gasteiger partial charge is 0.416 e. The molecular formula is C15H11ClF3NO. The van der Waals surface area contributed by atoms with Crippen LogP contribution in [0.15, 0.2) is 48.5 Å². The summed E-state index contributed by atoms with van der Waals surface area (Å²) in [4.78, 5) is 11.9. The molecule has 0 aliphatic rings. The van der Waals surface area contributed by atoms with Crippen molar-refractivity contribution in [2.45, 2.75) is 12.7 Å². The summed E-state index contributed by atoms with van der Waals surface area (Å²) in [6.45, 7) is -0.00598. The summed E-state index contributed by atoms with van der Waals surface area (Å²) in [5.74, 6) is -0.432. The van der Waals surface area contributed by atoms with E-state index in [0.717, 1.165) is 12.1 Å². The highest BCUT2D eigenvalue weighted by molar-refractivity contribution is 6.33. The fourth-order valence-electron chi connectivity index (χ4n) is 1.78. The van der Waals surface area contributed by atoms with Gasteiger partial charge >= 0.3 is 6.18 Å². The molecule has 0 unspecified atom stereocenters. The van der Waals surface area contributed by atoms with Crippen LogP contribution < -0.4 is 5.32 Å². The van der Waals surface area contributed by atoms with Crippen LogP contribution in [0.5, 0.6) is 0 Å². The van der Waals surface area contributed by atoms with Gasteiger partial charge in [-0.15, -0.1) is 0 Å². The van der Waals surface area contributed by atoms with Gasteiger partial charge in [-0.1, -0.05) is 35.9 Å². The molecule has 0 saturated heterocycles. The molecule has 2 rings (SSSR count). The van der Waals surface area contributed by atoms with Crippen LogP contribution >= 0.6 is 11.6 Å². The molecule has 0 spiro atoms. The van der Waals surface area contributed by atoms with E-state index in [1.54, 1.807) is 24.3 Å². The number of carbonyl (C=O) groups is 1. The zero-order valence-electron chi connectivity index (χ0n) is 10.7. The Labute approximate surface area is 124 Å². The molecule has 0 aliphatic carbocycles. The molecule has 0 bridgehead atoms. The van der Waals surface area contributed by atoms with Crippen LogP contribution in [0.25, 0.3) is 0 Å². The molecule has 0 radical (unpaired) electrons. The molecule has 0 heterocycles. The first-order valence-corrected chi connectivity index (χ1v) is 6.44. The maximum atomic E-state index is 12.6. The quantitative estimate of drug-likeness (QED) is 0.900. The van der Waals surface area contributed by atoms with Crippen LogP contribution in [-0.4, -0.2) is 5.91 Å². The number of hydrogen-bond acceptors (Lipinski definition) is 1. The van der Waals surface area contributed by atoms with Gasteiger partial charge in [0.2, 0.25) is 0 Å². The Morgan fingerprint density at radius 3 is 2.48 bits per heavy atom. The van der Waals surface area contributed by atoms with Crippen molar-refractivity contribution in [3.8, 4) is 0 Å². The van der Waals surface area contributed by atoms with E-state index < -0.39 is 17.6 Å². The third-order valence-electron chi connectivity index (χ3n) is 2.83. The fraction of sp³-hybridized carbons (Fsp3) is 0.133. The summed E-state index contributed by atoms with van der Waals surface area (Å²) in [6, 6.07) is 11.3. The number of halogens is 4. The number of benzene rings is 2.